The highest BCUT2D eigenvalue weighted by molar-refractivity contribution is 5.53. The third-order valence-electron chi connectivity index (χ3n) is 3.98. The molecule has 5 nitrogen and oxygen atoms in total. The Morgan fingerprint density at radius 2 is 1.72 bits per heavy atom. The van der Waals surface area contributed by atoms with Gasteiger partial charge in [0.2, 0.25) is 5.95 Å². The number of nitrogens with two attached hydrogens (primary N) is 1. The van der Waals surface area contributed by atoms with E-state index in [9.17, 15) is 0 Å². The highest BCUT2D eigenvalue weighted by Crippen LogP contribution is 2.29. The lowest BCUT2D eigenvalue weighted by molar-refractivity contribution is 0.311. The predicted molar refractivity (Wildman–Crippen MR) is 72.8 cm³/mol. The Morgan fingerprint density at radius 3 is 2.50 bits per heavy atom. The minimum Gasteiger partial charge on any atom is -0.368 e. The van der Waals surface area contributed by atoms with Crippen LogP contribution in [-0.2, 0) is 12.8 Å². The van der Waals surface area contributed by atoms with Gasteiger partial charge in [-0.05, 0) is 32.7 Å². The van der Waals surface area contributed by atoms with E-state index in [-0.39, 0.29) is 0 Å². The summed E-state index contributed by atoms with van der Waals surface area (Å²) in [6, 6.07) is 0. The number of rotatable bonds is 1. The van der Waals surface area contributed by atoms with E-state index in [2.05, 4.69) is 26.8 Å². The second kappa shape index (κ2) is 4.72. The molecule has 1 aliphatic heterocycles. The number of nitrogens with zero attached hydrogens (tertiary/aromatic N) is 4. The number of aromatic nitrogens is 2. The first kappa shape index (κ1) is 11.7. The fraction of sp³-hybridized carbons (Fsp3) is 0.692. The number of anilines is 2. The summed E-state index contributed by atoms with van der Waals surface area (Å²) in [6.07, 6.45) is 4.65. The van der Waals surface area contributed by atoms with Gasteiger partial charge in [-0.15, -0.1) is 0 Å². The molecule has 2 heterocycles. The Hall–Kier alpha value is -1.36. The zero-order chi connectivity index (χ0) is 12.5. The summed E-state index contributed by atoms with van der Waals surface area (Å²) in [5, 5.41) is 0. The van der Waals surface area contributed by atoms with Crippen LogP contribution in [0.4, 0.5) is 11.8 Å². The van der Waals surface area contributed by atoms with Crippen molar-refractivity contribution in [1.29, 1.82) is 0 Å². The van der Waals surface area contributed by atoms with Gasteiger partial charge in [0.15, 0.2) is 0 Å². The van der Waals surface area contributed by atoms with Crippen molar-refractivity contribution in [2.24, 2.45) is 0 Å². The van der Waals surface area contributed by atoms with E-state index in [4.69, 9.17) is 5.73 Å². The SMILES string of the molecule is CN1CCN(c2nc(N)nc3c2CCCC3)CC1. The maximum absolute atomic E-state index is 5.86. The van der Waals surface area contributed by atoms with Crippen molar-refractivity contribution in [3.63, 3.8) is 0 Å². The van der Waals surface area contributed by atoms with Crippen LogP contribution >= 0.6 is 0 Å². The number of hydrogen-bond acceptors (Lipinski definition) is 5. The molecule has 98 valence electrons. The average Bonchev–Trinajstić information content (AvgIpc) is 2.38. The van der Waals surface area contributed by atoms with Gasteiger partial charge in [0, 0.05) is 31.7 Å². The molecular weight excluding hydrogens is 226 g/mol. The first-order valence-corrected chi connectivity index (χ1v) is 6.83. The smallest absolute Gasteiger partial charge is 0.222 e. The molecule has 1 aromatic rings. The minimum atomic E-state index is 0.435. The van der Waals surface area contributed by atoms with Crippen LogP contribution in [0.25, 0.3) is 0 Å². The topological polar surface area (TPSA) is 58.3 Å². The number of hydrogen-bond donors (Lipinski definition) is 1. The maximum atomic E-state index is 5.86. The van der Waals surface area contributed by atoms with Gasteiger partial charge in [-0.25, -0.2) is 4.98 Å². The van der Waals surface area contributed by atoms with Crippen molar-refractivity contribution >= 4 is 11.8 Å². The Balaban J connectivity index is 1.93. The standard InChI is InChI=1S/C13H21N5/c1-17-6-8-18(9-7-17)12-10-4-2-3-5-11(10)15-13(14)16-12/h2-9H2,1H3,(H2,14,15,16). The molecule has 2 N–H and O–H groups in total. The number of fused-ring (bicyclic) bond motifs is 1. The van der Waals surface area contributed by atoms with Crippen molar-refractivity contribution in [3.05, 3.63) is 11.3 Å². The van der Waals surface area contributed by atoms with Gasteiger partial charge < -0.3 is 15.5 Å². The van der Waals surface area contributed by atoms with Crippen LogP contribution in [0, 0.1) is 0 Å². The van der Waals surface area contributed by atoms with Gasteiger partial charge in [-0.1, -0.05) is 0 Å². The van der Waals surface area contributed by atoms with Crippen LogP contribution in [0.5, 0.6) is 0 Å². The molecule has 2 aliphatic rings. The molecule has 0 unspecified atom stereocenters. The van der Waals surface area contributed by atoms with Crippen LogP contribution in [0.3, 0.4) is 0 Å². The third-order valence-corrected chi connectivity index (χ3v) is 3.98. The van der Waals surface area contributed by atoms with E-state index in [0.717, 1.165) is 44.8 Å². The molecule has 0 spiro atoms. The van der Waals surface area contributed by atoms with Crippen molar-refractivity contribution in [2.45, 2.75) is 25.7 Å². The van der Waals surface area contributed by atoms with Crippen molar-refractivity contribution < 1.29 is 0 Å². The van der Waals surface area contributed by atoms with Gasteiger partial charge in [-0.2, -0.15) is 4.98 Å². The number of nitrogen functional groups attached to an aromatic ring is 1. The van der Waals surface area contributed by atoms with Crippen LogP contribution in [0.1, 0.15) is 24.1 Å². The van der Waals surface area contributed by atoms with Crippen LogP contribution in [0.15, 0.2) is 0 Å². The molecule has 0 saturated carbocycles. The van der Waals surface area contributed by atoms with E-state index in [1.54, 1.807) is 0 Å². The Labute approximate surface area is 108 Å². The van der Waals surface area contributed by atoms with Gasteiger partial charge >= 0.3 is 0 Å². The second-order valence-corrected chi connectivity index (χ2v) is 5.33. The lowest BCUT2D eigenvalue weighted by atomic mass is 9.96. The molecular formula is C13H21N5. The molecule has 1 aliphatic carbocycles. The number of aryl methyl sites for hydroxylation is 1. The highest BCUT2D eigenvalue weighted by Gasteiger charge is 2.23. The first-order chi connectivity index (χ1) is 8.74. The van der Waals surface area contributed by atoms with Crippen LogP contribution in [0.2, 0.25) is 0 Å². The maximum Gasteiger partial charge on any atom is 0.222 e. The molecule has 18 heavy (non-hydrogen) atoms. The molecule has 5 heteroatoms. The monoisotopic (exact) mass is 247 g/mol. The summed E-state index contributed by atoms with van der Waals surface area (Å²) in [5.41, 5.74) is 8.39. The van der Waals surface area contributed by atoms with E-state index in [0.29, 0.717) is 5.95 Å². The zero-order valence-electron chi connectivity index (χ0n) is 11.0. The first-order valence-electron chi connectivity index (χ1n) is 6.83. The van der Waals surface area contributed by atoms with Gasteiger partial charge in [0.25, 0.3) is 0 Å². The largest absolute Gasteiger partial charge is 0.368 e. The Bertz CT molecular complexity index is 437. The molecule has 0 radical (unpaired) electrons. The zero-order valence-corrected chi connectivity index (χ0v) is 11.0. The van der Waals surface area contributed by atoms with E-state index in [1.807, 2.05) is 0 Å². The Morgan fingerprint density at radius 1 is 1.00 bits per heavy atom. The van der Waals surface area contributed by atoms with Crippen molar-refractivity contribution in [3.8, 4) is 0 Å². The van der Waals surface area contributed by atoms with Gasteiger partial charge in [0.1, 0.15) is 5.82 Å². The van der Waals surface area contributed by atoms with Crippen molar-refractivity contribution in [2.75, 3.05) is 43.9 Å². The molecule has 1 saturated heterocycles. The fourth-order valence-corrected chi connectivity index (χ4v) is 2.87. The number of piperazine rings is 1. The third kappa shape index (κ3) is 2.14. The highest BCUT2D eigenvalue weighted by atomic mass is 15.3. The lowest BCUT2D eigenvalue weighted by Crippen LogP contribution is -2.45. The predicted octanol–water partition coefficient (Wildman–Crippen LogP) is 0.689. The van der Waals surface area contributed by atoms with Crippen molar-refractivity contribution in [1.82, 2.24) is 14.9 Å². The molecule has 0 bridgehead atoms. The summed E-state index contributed by atoms with van der Waals surface area (Å²) < 4.78 is 0. The summed E-state index contributed by atoms with van der Waals surface area (Å²) >= 11 is 0. The summed E-state index contributed by atoms with van der Waals surface area (Å²) in [6.45, 7) is 4.27. The summed E-state index contributed by atoms with van der Waals surface area (Å²) in [7, 11) is 2.17. The van der Waals surface area contributed by atoms with E-state index >= 15 is 0 Å². The molecule has 0 aromatic carbocycles. The van der Waals surface area contributed by atoms with Crippen LogP contribution < -0.4 is 10.6 Å². The van der Waals surface area contributed by atoms with Gasteiger partial charge in [0.05, 0.1) is 5.69 Å². The fourth-order valence-electron chi connectivity index (χ4n) is 2.87. The molecule has 0 atom stereocenters. The summed E-state index contributed by atoms with van der Waals surface area (Å²) in [5.74, 6) is 1.54. The molecule has 3 rings (SSSR count). The Kier molecular flexibility index (Phi) is 3.07. The second-order valence-electron chi connectivity index (χ2n) is 5.33. The normalized spacial score (nSPS) is 20.8. The average molecular weight is 247 g/mol. The quantitative estimate of drug-likeness (QED) is 0.791. The number of likely N-dealkylation sites (N-methyl/N-ethyl adjacent to an activating group) is 1. The van der Waals surface area contributed by atoms with Crippen LogP contribution in [-0.4, -0.2) is 48.1 Å². The molecule has 0 amide bonds. The van der Waals surface area contributed by atoms with E-state index < -0.39 is 0 Å². The van der Waals surface area contributed by atoms with Gasteiger partial charge in [-0.3, -0.25) is 0 Å². The lowest BCUT2D eigenvalue weighted by Gasteiger charge is -2.35. The minimum absolute atomic E-state index is 0.435. The summed E-state index contributed by atoms with van der Waals surface area (Å²) in [4.78, 5) is 13.7. The molecule has 1 fully saturated rings. The van der Waals surface area contributed by atoms with E-state index in [1.165, 1.54) is 24.1 Å². The molecule has 1 aromatic heterocycles.